The standard InChI is InChI=1S/C22H26N2O3/c1-15(2)20(23)21(25)24-13-18-11-7-6-10-17(18)12-19(24)22(26)27-14-16-8-4-3-5-9-16/h3-11,15,19-20H,12-14,23H2,1-2H3/t19?,20-/m0/s1. The number of carbonyl (C=O) groups excluding carboxylic acids is 2. The SMILES string of the molecule is CC(C)[C@H](N)C(=O)N1Cc2ccccc2CC1C(=O)OCc1ccccc1. The lowest BCUT2D eigenvalue weighted by atomic mass is 9.92. The fourth-order valence-corrected chi connectivity index (χ4v) is 3.27. The number of nitrogens with two attached hydrogens (primary N) is 1. The molecule has 0 radical (unpaired) electrons. The number of nitrogens with zero attached hydrogens (tertiary/aromatic N) is 1. The molecule has 0 aliphatic carbocycles. The third kappa shape index (κ3) is 4.37. The van der Waals surface area contributed by atoms with Gasteiger partial charge in [-0.05, 0) is 22.6 Å². The smallest absolute Gasteiger partial charge is 0.329 e. The van der Waals surface area contributed by atoms with Crippen LogP contribution in [0.15, 0.2) is 54.6 Å². The molecule has 2 atom stereocenters. The molecule has 0 spiro atoms. The highest BCUT2D eigenvalue weighted by atomic mass is 16.5. The first-order chi connectivity index (χ1) is 13.0. The molecule has 5 heteroatoms. The molecule has 1 unspecified atom stereocenters. The van der Waals surface area contributed by atoms with Gasteiger partial charge in [0.15, 0.2) is 0 Å². The number of esters is 1. The Labute approximate surface area is 160 Å². The van der Waals surface area contributed by atoms with Crippen molar-refractivity contribution in [2.24, 2.45) is 11.7 Å². The van der Waals surface area contributed by atoms with Crippen molar-refractivity contribution in [3.05, 3.63) is 71.3 Å². The van der Waals surface area contributed by atoms with Gasteiger partial charge >= 0.3 is 5.97 Å². The van der Waals surface area contributed by atoms with Gasteiger partial charge in [0.05, 0.1) is 6.04 Å². The first-order valence-electron chi connectivity index (χ1n) is 9.30. The summed E-state index contributed by atoms with van der Waals surface area (Å²) < 4.78 is 5.53. The summed E-state index contributed by atoms with van der Waals surface area (Å²) in [5.41, 5.74) is 9.13. The monoisotopic (exact) mass is 366 g/mol. The van der Waals surface area contributed by atoms with Crippen LogP contribution >= 0.6 is 0 Å². The minimum Gasteiger partial charge on any atom is -0.459 e. The lowest BCUT2D eigenvalue weighted by Crippen LogP contribution is -2.55. The summed E-state index contributed by atoms with van der Waals surface area (Å²) in [7, 11) is 0. The Morgan fingerprint density at radius 1 is 1.07 bits per heavy atom. The Hall–Kier alpha value is -2.66. The summed E-state index contributed by atoms with van der Waals surface area (Å²) in [6.07, 6.45) is 0.445. The van der Waals surface area contributed by atoms with Gasteiger partial charge in [0.1, 0.15) is 12.6 Å². The predicted octanol–water partition coefficient (Wildman–Crippen LogP) is 2.67. The number of rotatable bonds is 5. The summed E-state index contributed by atoms with van der Waals surface area (Å²) >= 11 is 0. The molecule has 0 fully saturated rings. The highest BCUT2D eigenvalue weighted by Crippen LogP contribution is 2.25. The number of benzene rings is 2. The molecule has 1 amide bonds. The molecule has 0 bridgehead atoms. The van der Waals surface area contributed by atoms with Crippen LogP contribution in [0.25, 0.3) is 0 Å². The van der Waals surface area contributed by atoms with E-state index in [-0.39, 0.29) is 18.4 Å². The van der Waals surface area contributed by atoms with Gasteiger partial charge in [-0.3, -0.25) is 4.79 Å². The fraction of sp³-hybridized carbons (Fsp3) is 0.364. The Morgan fingerprint density at radius 2 is 1.70 bits per heavy atom. The van der Waals surface area contributed by atoms with Crippen molar-refractivity contribution in [3.8, 4) is 0 Å². The zero-order chi connectivity index (χ0) is 19.4. The van der Waals surface area contributed by atoms with E-state index >= 15 is 0 Å². The van der Waals surface area contributed by atoms with Crippen LogP contribution < -0.4 is 5.73 Å². The summed E-state index contributed by atoms with van der Waals surface area (Å²) in [5, 5.41) is 0. The van der Waals surface area contributed by atoms with Crippen LogP contribution in [0.4, 0.5) is 0 Å². The van der Waals surface area contributed by atoms with Crippen molar-refractivity contribution in [2.45, 2.75) is 45.5 Å². The van der Waals surface area contributed by atoms with Crippen molar-refractivity contribution in [1.82, 2.24) is 4.90 Å². The normalized spacial score (nSPS) is 17.3. The molecule has 2 aromatic rings. The number of fused-ring (bicyclic) bond motifs is 1. The van der Waals surface area contributed by atoms with Crippen molar-refractivity contribution in [2.75, 3.05) is 0 Å². The third-order valence-corrected chi connectivity index (χ3v) is 5.03. The maximum atomic E-state index is 12.9. The van der Waals surface area contributed by atoms with E-state index in [1.165, 1.54) is 0 Å². The van der Waals surface area contributed by atoms with Crippen molar-refractivity contribution >= 4 is 11.9 Å². The van der Waals surface area contributed by atoms with Crippen LogP contribution in [0.5, 0.6) is 0 Å². The van der Waals surface area contributed by atoms with E-state index in [2.05, 4.69) is 0 Å². The molecule has 0 aromatic heterocycles. The zero-order valence-corrected chi connectivity index (χ0v) is 15.8. The van der Waals surface area contributed by atoms with Gasteiger partial charge in [0.2, 0.25) is 5.91 Å². The van der Waals surface area contributed by atoms with Crippen LogP contribution in [0, 0.1) is 5.92 Å². The summed E-state index contributed by atoms with van der Waals surface area (Å²) in [6, 6.07) is 16.1. The van der Waals surface area contributed by atoms with Gasteiger partial charge in [-0.1, -0.05) is 68.4 Å². The van der Waals surface area contributed by atoms with Crippen molar-refractivity contribution in [1.29, 1.82) is 0 Å². The fourth-order valence-electron chi connectivity index (χ4n) is 3.27. The molecular formula is C22H26N2O3. The Bertz CT molecular complexity index is 804. The Morgan fingerprint density at radius 3 is 2.37 bits per heavy atom. The quantitative estimate of drug-likeness (QED) is 0.826. The third-order valence-electron chi connectivity index (χ3n) is 5.03. The number of hydrogen-bond acceptors (Lipinski definition) is 4. The topological polar surface area (TPSA) is 72.6 Å². The number of carbonyl (C=O) groups is 2. The average molecular weight is 366 g/mol. The maximum absolute atomic E-state index is 12.9. The van der Waals surface area contributed by atoms with E-state index in [9.17, 15) is 9.59 Å². The second-order valence-corrected chi connectivity index (χ2v) is 7.32. The van der Waals surface area contributed by atoms with Gasteiger partial charge in [0.25, 0.3) is 0 Å². The Balaban J connectivity index is 1.80. The molecule has 3 rings (SSSR count). The molecule has 142 valence electrons. The number of hydrogen-bond donors (Lipinski definition) is 1. The van der Waals surface area contributed by atoms with E-state index < -0.39 is 18.1 Å². The summed E-state index contributed by atoms with van der Waals surface area (Å²) in [5.74, 6) is -0.602. The maximum Gasteiger partial charge on any atom is 0.329 e. The van der Waals surface area contributed by atoms with E-state index in [4.69, 9.17) is 10.5 Å². The van der Waals surface area contributed by atoms with Gasteiger partial charge < -0.3 is 15.4 Å². The van der Waals surface area contributed by atoms with Crippen LogP contribution in [-0.4, -0.2) is 28.9 Å². The molecule has 1 heterocycles. The van der Waals surface area contributed by atoms with Gasteiger partial charge in [0, 0.05) is 13.0 Å². The lowest BCUT2D eigenvalue weighted by Gasteiger charge is -2.37. The summed E-state index contributed by atoms with van der Waals surface area (Å²) in [4.78, 5) is 27.3. The van der Waals surface area contributed by atoms with E-state index in [1.54, 1.807) is 4.90 Å². The molecular weight excluding hydrogens is 340 g/mol. The second kappa shape index (κ2) is 8.35. The van der Waals surface area contributed by atoms with Crippen LogP contribution in [0.1, 0.15) is 30.5 Å². The van der Waals surface area contributed by atoms with Crippen molar-refractivity contribution in [3.63, 3.8) is 0 Å². The highest BCUT2D eigenvalue weighted by molar-refractivity contribution is 5.88. The van der Waals surface area contributed by atoms with Gasteiger partial charge in [-0.2, -0.15) is 0 Å². The van der Waals surface area contributed by atoms with Crippen LogP contribution in [0.2, 0.25) is 0 Å². The minimum atomic E-state index is -0.652. The van der Waals surface area contributed by atoms with Crippen molar-refractivity contribution < 1.29 is 14.3 Å². The largest absolute Gasteiger partial charge is 0.459 e. The molecule has 2 aromatic carbocycles. The van der Waals surface area contributed by atoms with Gasteiger partial charge in [-0.25, -0.2) is 4.79 Å². The first-order valence-corrected chi connectivity index (χ1v) is 9.30. The molecule has 0 saturated heterocycles. The second-order valence-electron chi connectivity index (χ2n) is 7.32. The average Bonchev–Trinajstić information content (AvgIpc) is 2.70. The highest BCUT2D eigenvalue weighted by Gasteiger charge is 2.38. The molecule has 1 aliphatic heterocycles. The number of amides is 1. The predicted molar refractivity (Wildman–Crippen MR) is 104 cm³/mol. The minimum absolute atomic E-state index is 0.00402. The molecule has 1 aliphatic rings. The molecule has 2 N–H and O–H groups in total. The first kappa shape index (κ1) is 19.1. The van der Waals surface area contributed by atoms with E-state index in [0.717, 1.165) is 16.7 Å². The summed E-state index contributed by atoms with van der Waals surface area (Å²) in [6.45, 7) is 4.38. The van der Waals surface area contributed by atoms with Crippen LogP contribution in [0.3, 0.4) is 0 Å². The van der Waals surface area contributed by atoms with Gasteiger partial charge in [-0.15, -0.1) is 0 Å². The lowest BCUT2D eigenvalue weighted by molar-refractivity contribution is -0.158. The zero-order valence-electron chi connectivity index (χ0n) is 15.8. The van der Waals surface area contributed by atoms with Crippen LogP contribution in [-0.2, 0) is 33.9 Å². The Kier molecular flexibility index (Phi) is 5.91. The molecule has 5 nitrogen and oxygen atoms in total. The molecule has 0 saturated carbocycles. The van der Waals surface area contributed by atoms with E-state index in [1.807, 2.05) is 68.4 Å². The number of ether oxygens (including phenoxy) is 1. The molecule has 27 heavy (non-hydrogen) atoms. The van der Waals surface area contributed by atoms with E-state index in [0.29, 0.717) is 13.0 Å².